The molecule has 3 aromatic carbocycles. The number of anilines is 1. The predicted octanol–water partition coefficient (Wildman–Crippen LogP) is 5.46. The lowest BCUT2D eigenvalue weighted by molar-refractivity contribution is -0.384. The Balaban J connectivity index is 1.65. The van der Waals surface area contributed by atoms with Gasteiger partial charge in [0, 0.05) is 40.9 Å². The molecule has 0 spiro atoms. The maximum absolute atomic E-state index is 13.5. The van der Waals surface area contributed by atoms with E-state index in [9.17, 15) is 14.9 Å². The van der Waals surface area contributed by atoms with E-state index in [-0.39, 0.29) is 11.6 Å². The molecule has 4 rings (SSSR count). The zero-order valence-corrected chi connectivity index (χ0v) is 21.4. The van der Waals surface area contributed by atoms with Crippen molar-refractivity contribution in [2.75, 3.05) is 19.5 Å². The van der Waals surface area contributed by atoms with Gasteiger partial charge >= 0.3 is 0 Å². The summed E-state index contributed by atoms with van der Waals surface area (Å²) in [5.74, 6) is 1.44. The van der Waals surface area contributed by atoms with Crippen molar-refractivity contribution < 1.29 is 19.2 Å². The third-order valence-corrected chi connectivity index (χ3v) is 6.71. The molecule has 9 nitrogen and oxygen atoms in total. The zero-order chi connectivity index (χ0) is 26.4. The number of aliphatic imine (C=N–C) groups is 1. The molecule has 1 atom stereocenters. The van der Waals surface area contributed by atoms with Crippen LogP contribution in [0.1, 0.15) is 24.1 Å². The van der Waals surface area contributed by atoms with E-state index < -0.39 is 11.0 Å². The Labute approximate surface area is 218 Å². The number of carbonyl (C=O) groups is 1. The van der Waals surface area contributed by atoms with Crippen molar-refractivity contribution in [2.45, 2.75) is 18.7 Å². The number of nitrogens with one attached hydrogen (secondary N) is 2. The van der Waals surface area contributed by atoms with Crippen LogP contribution in [-0.2, 0) is 10.5 Å². The van der Waals surface area contributed by atoms with Gasteiger partial charge in [0.1, 0.15) is 17.5 Å². The quantitative estimate of drug-likeness (QED) is 0.301. The number of thioether (sulfide) groups is 1. The van der Waals surface area contributed by atoms with Gasteiger partial charge in [-0.15, -0.1) is 0 Å². The Kier molecular flexibility index (Phi) is 8.09. The number of non-ortho nitro benzene ring substituents is 1. The minimum absolute atomic E-state index is 0.0430. The van der Waals surface area contributed by atoms with Crippen LogP contribution in [0.4, 0.5) is 11.4 Å². The number of nitro benzene ring substituents is 1. The highest BCUT2D eigenvalue weighted by atomic mass is 32.2. The molecule has 1 heterocycles. The largest absolute Gasteiger partial charge is 0.497 e. The molecule has 0 saturated heterocycles. The number of rotatable bonds is 8. The molecule has 0 aromatic heterocycles. The Morgan fingerprint density at radius 2 is 1.81 bits per heavy atom. The molecule has 1 aliphatic rings. The monoisotopic (exact) mass is 518 g/mol. The topological polar surface area (TPSA) is 115 Å². The summed E-state index contributed by atoms with van der Waals surface area (Å²) in [6.07, 6.45) is 0. The average molecular weight is 519 g/mol. The molecule has 190 valence electrons. The van der Waals surface area contributed by atoms with Crippen LogP contribution in [0.3, 0.4) is 0 Å². The summed E-state index contributed by atoms with van der Waals surface area (Å²) in [7, 11) is 3.14. The van der Waals surface area contributed by atoms with Crippen molar-refractivity contribution in [3.05, 3.63) is 105 Å². The number of benzene rings is 3. The number of ether oxygens (including phenoxy) is 2. The number of hydrogen-bond acceptors (Lipinski definition) is 8. The van der Waals surface area contributed by atoms with E-state index in [1.807, 2.05) is 43.3 Å². The zero-order valence-electron chi connectivity index (χ0n) is 20.6. The second kappa shape index (κ2) is 11.6. The van der Waals surface area contributed by atoms with Gasteiger partial charge in [-0.25, -0.2) is 4.99 Å². The SMILES string of the molecule is COc1ccc([C@H]2N=C(SCc3ccc([N+](=O)[O-])cc3)NC(C)=C2C(=O)Nc2ccccc2)c(OC)c1. The number of nitro groups is 1. The Bertz CT molecular complexity index is 1360. The highest BCUT2D eigenvalue weighted by Crippen LogP contribution is 2.39. The molecule has 1 aliphatic heterocycles. The number of amides is 1. The molecular weight excluding hydrogens is 492 g/mol. The molecule has 0 aliphatic carbocycles. The fraction of sp³-hybridized carbons (Fsp3) is 0.185. The van der Waals surface area contributed by atoms with Gasteiger partial charge in [0.05, 0.1) is 24.7 Å². The molecule has 0 fully saturated rings. The lowest BCUT2D eigenvalue weighted by atomic mass is 9.95. The molecule has 37 heavy (non-hydrogen) atoms. The van der Waals surface area contributed by atoms with Crippen molar-refractivity contribution in [3.63, 3.8) is 0 Å². The van der Waals surface area contributed by atoms with E-state index >= 15 is 0 Å². The number of nitrogens with zero attached hydrogens (tertiary/aromatic N) is 2. The van der Waals surface area contributed by atoms with Gasteiger partial charge in [0.25, 0.3) is 11.6 Å². The third kappa shape index (κ3) is 6.10. The highest BCUT2D eigenvalue weighted by Gasteiger charge is 2.31. The molecule has 0 bridgehead atoms. The summed E-state index contributed by atoms with van der Waals surface area (Å²) in [6.45, 7) is 1.84. The average Bonchev–Trinajstić information content (AvgIpc) is 2.91. The molecule has 10 heteroatoms. The maximum Gasteiger partial charge on any atom is 0.269 e. The van der Waals surface area contributed by atoms with Crippen LogP contribution in [0.2, 0.25) is 0 Å². The van der Waals surface area contributed by atoms with E-state index in [2.05, 4.69) is 10.6 Å². The van der Waals surface area contributed by atoms with E-state index in [1.54, 1.807) is 38.5 Å². The van der Waals surface area contributed by atoms with Crippen molar-refractivity contribution >= 4 is 34.2 Å². The van der Waals surface area contributed by atoms with Gasteiger partial charge in [-0.3, -0.25) is 14.9 Å². The second-order valence-electron chi connectivity index (χ2n) is 8.14. The van der Waals surface area contributed by atoms with Crippen LogP contribution >= 0.6 is 11.8 Å². The minimum atomic E-state index is -0.634. The highest BCUT2D eigenvalue weighted by molar-refractivity contribution is 8.13. The first-order valence-corrected chi connectivity index (χ1v) is 12.4. The van der Waals surface area contributed by atoms with Crippen molar-refractivity contribution in [1.29, 1.82) is 0 Å². The van der Waals surface area contributed by atoms with E-state index in [1.165, 1.54) is 23.9 Å². The number of methoxy groups -OCH3 is 2. The first kappa shape index (κ1) is 25.8. The summed E-state index contributed by atoms with van der Waals surface area (Å²) in [4.78, 5) is 28.9. The fourth-order valence-corrected chi connectivity index (χ4v) is 4.77. The maximum atomic E-state index is 13.5. The number of amidine groups is 1. The van der Waals surface area contributed by atoms with Gasteiger partial charge in [-0.1, -0.05) is 42.1 Å². The van der Waals surface area contributed by atoms with E-state index in [4.69, 9.17) is 14.5 Å². The first-order chi connectivity index (χ1) is 17.9. The predicted molar refractivity (Wildman–Crippen MR) is 145 cm³/mol. The molecule has 2 N–H and O–H groups in total. The van der Waals surface area contributed by atoms with Gasteiger partial charge in [0.2, 0.25) is 0 Å². The van der Waals surface area contributed by atoms with Crippen LogP contribution in [0.5, 0.6) is 11.5 Å². The van der Waals surface area contributed by atoms with Gasteiger partial charge in [-0.2, -0.15) is 0 Å². The molecule has 0 unspecified atom stereocenters. The molecule has 0 radical (unpaired) electrons. The molecule has 1 amide bonds. The summed E-state index contributed by atoms with van der Waals surface area (Å²) in [6, 6.07) is 20.4. The van der Waals surface area contributed by atoms with Gasteiger partial charge in [-0.05, 0) is 36.8 Å². The lowest BCUT2D eigenvalue weighted by Crippen LogP contribution is -2.32. The first-order valence-electron chi connectivity index (χ1n) is 11.4. The minimum Gasteiger partial charge on any atom is -0.497 e. The van der Waals surface area contributed by atoms with Crippen LogP contribution < -0.4 is 20.1 Å². The fourth-order valence-electron chi connectivity index (χ4n) is 3.87. The van der Waals surface area contributed by atoms with Crippen molar-refractivity contribution in [3.8, 4) is 11.5 Å². The summed E-state index contributed by atoms with van der Waals surface area (Å²) in [5.41, 5.74) is 3.48. The third-order valence-electron chi connectivity index (χ3n) is 5.75. The van der Waals surface area contributed by atoms with Crippen LogP contribution in [-0.4, -0.2) is 30.2 Å². The summed E-state index contributed by atoms with van der Waals surface area (Å²) in [5, 5.41) is 17.8. The van der Waals surface area contributed by atoms with E-state index in [0.717, 1.165) is 11.1 Å². The molecule has 0 saturated carbocycles. The number of hydrogen-bond donors (Lipinski definition) is 2. The Hall–Kier alpha value is -4.31. The standard InChI is InChI=1S/C27H26N4O5S/c1-17-24(26(32)29-19-7-5-4-6-8-19)25(22-14-13-21(35-2)15-23(22)36-3)30-27(28-17)37-16-18-9-11-20(12-10-18)31(33)34/h4-15,25H,16H2,1-3H3,(H,28,30)(H,29,32)/t25-/m1/s1. The van der Waals surface area contributed by atoms with Crippen LogP contribution in [0.15, 0.2) is 89.1 Å². The smallest absolute Gasteiger partial charge is 0.269 e. The Morgan fingerprint density at radius 3 is 2.46 bits per heavy atom. The van der Waals surface area contributed by atoms with Crippen LogP contribution in [0.25, 0.3) is 0 Å². The Morgan fingerprint density at radius 1 is 1.08 bits per heavy atom. The normalized spacial score (nSPS) is 14.9. The van der Waals surface area contributed by atoms with Gasteiger partial charge < -0.3 is 20.1 Å². The van der Waals surface area contributed by atoms with Crippen LogP contribution in [0, 0.1) is 10.1 Å². The van der Waals surface area contributed by atoms with Gasteiger partial charge in [0.15, 0.2) is 5.17 Å². The summed E-state index contributed by atoms with van der Waals surface area (Å²) < 4.78 is 11.0. The molecular formula is C27H26N4O5S. The number of allylic oxidation sites excluding steroid dienone is 1. The van der Waals surface area contributed by atoms with E-state index in [0.29, 0.717) is 39.4 Å². The summed E-state index contributed by atoms with van der Waals surface area (Å²) >= 11 is 1.44. The number of para-hydroxylation sites is 1. The second-order valence-corrected chi connectivity index (χ2v) is 9.10. The number of carbonyl (C=O) groups excluding carboxylic acids is 1. The van der Waals surface area contributed by atoms with Crippen molar-refractivity contribution in [2.24, 2.45) is 4.99 Å². The molecule has 3 aromatic rings. The lowest BCUT2D eigenvalue weighted by Gasteiger charge is -2.27. The van der Waals surface area contributed by atoms with Crippen molar-refractivity contribution in [1.82, 2.24) is 5.32 Å².